The van der Waals surface area contributed by atoms with Crippen LogP contribution in [-0.2, 0) is 5.41 Å². The Morgan fingerprint density at radius 3 is 2.00 bits per heavy atom. The Kier molecular flexibility index (Phi) is 4.39. The number of hydrogen-bond acceptors (Lipinski definition) is 1. The molecule has 19 heavy (non-hydrogen) atoms. The summed E-state index contributed by atoms with van der Waals surface area (Å²) in [6.07, 6.45) is 1.05. The van der Waals surface area contributed by atoms with Crippen LogP contribution < -0.4 is 0 Å². The second-order valence-corrected chi connectivity index (χ2v) is 8.03. The Hall–Kier alpha value is -0.980. The van der Waals surface area contributed by atoms with Gasteiger partial charge in [-0.2, -0.15) is 0 Å². The van der Waals surface area contributed by atoms with Gasteiger partial charge in [0.1, 0.15) is 5.75 Å². The molecule has 0 saturated heterocycles. The molecule has 0 aliphatic carbocycles. The van der Waals surface area contributed by atoms with Crippen molar-refractivity contribution in [3.8, 4) is 5.75 Å². The van der Waals surface area contributed by atoms with E-state index in [1.807, 2.05) is 0 Å². The number of aromatic hydroxyl groups is 1. The second kappa shape index (κ2) is 5.19. The molecule has 0 saturated carbocycles. The first-order valence-electron chi connectivity index (χ1n) is 7.28. The number of benzene rings is 1. The summed E-state index contributed by atoms with van der Waals surface area (Å²) in [7, 11) is 0. The number of phenols is 1. The van der Waals surface area contributed by atoms with Crippen LogP contribution in [0, 0.1) is 12.3 Å². The van der Waals surface area contributed by atoms with Crippen LogP contribution in [0.4, 0.5) is 0 Å². The van der Waals surface area contributed by atoms with Crippen LogP contribution in [0.2, 0.25) is 0 Å². The zero-order chi connectivity index (χ0) is 15.0. The molecule has 0 bridgehead atoms. The molecule has 0 radical (unpaired) electrons. The average molecular weight is 262 g/mol. The van der Waals surface area contributed by atoms with Gasteiger partial charge in [-0.3, -0.25) is 0 Å². The lowest BCUT2D eigenvalue weighted by molar-refractivity contribution is 0.278. The topological polar surface area (TPSA) is 20.2 Å². The van der Waals surface area contributed by atoms with E-state index in [9.17, 15) is 5.11 Å². The normalized spacial score (nSPS) is 13.1. The maximum atomic E-state index is 10.6. The second-order valence-electron chi connectivity index (χ2n) is 8.03. The van der Waals surface area contributed by atoms with Gasteiger partial charge in [-0.15, -0.1) is 0 Å². The van der Waals surface area contributed by atoms with E-state index in [0.717, 1.165) is 17.5 Å². The van der Waals surface area contributed by atoms with Crippen molar-refractivity contribution in [1.29, 1.82) is 0 Å². The smallest absolute Gasteiger partial charge is 0.122 e. The summed E-state index contributed by atoms with van der Waals surface area (Å²) < 4.78 is 0. The van der Waals surface area contributed by atoms with Gasteiger partial charge in [-0.1, -0.05) is 66.2 Å². The van der Waals surface area contributed by atoms with Gasteiger partial charge < -0.3 is 5.11 Å². The summed E-state index contributed by atoms with van der Waals surface area (Å²) in [5.41, 5.74) is 3.62. The molecule has 1 heteroatoms. The summed E-state index contributed by atoms with van der Waals surface area (Å²) in [6.45, 7) is 17.6. The van der Waals surface area contributed by atoms with E-state index >= 15 is 0 Å². The number of aryl methyl sites for hydroxylation is 1. The molecule has 0 spiro atoms. The Labute approximate surface area is 119 Å². The molecule has 1 rings (SSSR count). The molecule has 1 nitrogen and oxygen atoms in total. The van der Waals surface area contributed by atoms with Crippen LogP contribution in [-0.4, -0.2) is 5.11 Å². The Balaban J connectivity index is 3.34. The van der Waals surface area contributed by atoms with Gasteiger partial charge in [0, 0.05) is 5.56 Å². The molecule has 108 valence electrons. The van der Waals surface area contributed by atoms with Gasteiger partial charge in [0.05, 0.1) is 0 Å². The summed E-state index contributed by atoms with van der Waals surface area (Å²) in [5, 5.41) is 10.6. The van der Waals surface area contributed by atoms with E-state index in [1.165, 1.54) is 5.56 Å². The van der Waals surface area contributed by atoms with Crippen LogP contribution in [0.25, 0.3) is 0 Å². The first-order valence-corrected chi connectivity index (χ1v) is 7.28. The third-order valence-electron chi connectivity index (χ3n) is 3.61. The fraction of sp³-hybridized carbons (Fsp3) is 0.667. The number of rotatable bonds is 3. The lowest BCUT2D eigenvalue weighted by Crippen LogP contribution is -2.25. The molecule has 0 aliphatic rings. The molecule has 0 atom stereocenters. The Morgan fingerprint density at radius 2 is 1.58 bits per heavy atom. The molecule has 0 aromatic heterocycles. The molecule has 0 heterocycles. The third kappa shape index (κ3) is 3.99. The van der Waals surface area contributed by atoms with E-state index in [4.69, 9.17) is 0 Å². The Morgan fingerprint density at radius 1 is 1.05 bits per heavy atom. The SMILES string of the molecule is Cc1cc(C(C)C)c(O)c(C(C)(C)CC(C)(C)C)c1. The first-order chi connectivity index (χ1) is 8.44. The largest absolute Gasteiger partial charge is 0.507 e. The molecule has 0 fully saturated rings. The summed E-state index contributed by atoms with van der Waals surface area (Å²) >= 11 is 0. The van der Waals surface area contributed by atoms with Crippen LogP contribution in [0.3, 0.4) is 0 Å². The zero-order valence-electron chi connectivity index (χ0n) is 13.9. The van der Waals surface area contributed by atoms with Crippen LogP contribution >= 0.6 is 0 Å². The van der Waals surface area contributed by atoms with Crippen molar-refractivity contribution in [2.24, 2.45) is 5.41 Å². The summed E-state index contributed by atoms with van der Waals surface area (Å²) in [5.74, 6) is 0.846. The number of hydrogen-bond donors (Lipinski definition) is 1. The highest BCUT2D eigenvalue weighted by Gasteiger charge is 2.30. The molecule has 1 N–H and O–H groups in total. The Bertz CT molecular complexity index is 447. The van der Waals surface area contributed by atoms with Crippen molar-refractivity contribution < 1.29 is 5.11 Å². The molecular weight excluding hydrogens is 232 g/mol. The van der Waals surface area contributed by atoms with Gasteiger partial charge in [-0.05, 0) is 35.7 Å². The summed E-state index contributed by atoms with van der Waals surface area (Å²) in [4.78, 5) is 0. The maximum Gasteiger partial charge on any atom is 0.122 e. The van der Waals surface area contributed by atoms with E-state index < -0.39 is 0 Å². The average Bonchev–Trinajstić information content (AvgIpc) is 2.16. The molecule has 0 amide bonds. The molecular formula is C18H30O. The quantitative estimate of drug-likeness (QED) is 0.758. The molecule has 1 aromatic rings. The van der Waals surface area contributed by atoms with Crippen molar-refractivity contribution in [3.63, 3.8) is 0 Å². The van der Waals surface area contributed by atoms with Gasteiger partial charge in [0.25, 0.3) is 0 Å². The highest BCUT2D eigenvalue weighted by atomic mass is 16.3. The third-order valence-corrected chi connectivity index (χ3v) is 3.61. The molecule has 0 unspecified atom stereocenters. The zero-order valence-corrected chi connectivity index (χ0v) is 13.9. The van der Waals surface area contributed by atoms with Crippen molar-refractivity contribution in [3.05, 3.63) is 28.8 Å². The van der Waals surface area contributed by atoms with Crippen LogP contribution in [0.5, 0.6) is 5.75 Å². The monoisotopic (exact) mass is 262 g/mol. The highest BCUT2D eigenvalue weighted by molar-refractivity contribution is 5.48. The van der Waals surface area contributed by atoms with Crippen molar-refractivity contribution >= 4 is 0 Å². The minimum Gasteiger partial charge on any atom is -0.507 e. The minimum absolute atomic E-state index is 0.0159. The fourth-order valence-corrected chi connectivity index (χ4v) is 3.18. The van der Waals surface area contributed by atoms with Crippen molar-refractivity contribution in [2.75, 3.05) is 0 Å². The predicted octanol–water partition coefficient (Wildman–Crippen LogP) is 5.54. The lowest BCUT2D eigenvalue weighted by Gasteiger charge is -2.34. The maximum absolute atomic E-state index is 10.6. The minimum atomic E-state index is -0.0159. The standard InChI is InChI=1S/C18H30O/c1-12(2)14-9-13(3)10-15(16(14)19)18(7,8)11-17(4,5)6/h9-10,12,19H,11H2,1-8H3. The van der Waals surface area contributed by atoms with E-state index in [1.54, 1.807) is 0 Å². The fourth-order valence-electron chi connectivity index (χ4n) is 3.18. The van der Waals surface area contributed by atoms with E-state index in [-0.39, 0.29) is 10.8 Å². The number of phenolic OH excluding ortho intramolecular Hbond substituents is 1. The van der Waals surface area contributed by atoms with Crippen LogP contribution in [0.15, 0.2) is 12.1 Å². The lowest BCUT2D eigenvalue weighted by atomic mass is 9.71. The van der Waals surface area contributed by atoms with Gasteiger partial charge in [0.15, 0.2) is 0 Å². The van der Waals surface area contributed by atoms with E-state index in [2.05, 4.69) is 67.5 Å². The highest BCUT2D eigenvalue weighted by Crippen LogP contribution is 2.43. The molecule has 0 aliphatic heterocycles. The predicted molar refractivity (Wildman–Crippen MR) is 84.0 cm³/mol. The van der Waals surface area contributed by atoms with Gasteiger partial charge >= 0.3 is 0 Å². The van der Waals surface area contributed by atoms with Gasteiger partial charge in [0.2, 0.25) is 0 Å². The molecule has 1 aromatic carbocycles. The summed E-state index contributed by atoms with van der Waals surface area (Å²) in [6, 6.07) is 4.25. The van der Waals surface area contributed by atoms with Gasteiger partial charge in [-0.25, -0.2) is 0 Å². The van der Waals surface area contributed by atoms with Crippen molar-refractivity contribution in [1.82, 2.24) is 0 Å². The first kappa shape index (κ1) is 16.1. The van der Waals surface area contributed by atoms with Crippen molar-refractivity contribution in [2.45, 2.75) is 73.1 Å². The van der Waals surface area contributed by atoms with Crippen LogP contribution in [0.1, 0.15) is 77.5 Å². The van der Waals surface area contributed by atoms with E-state index in [0.29, 0.717) is 11.7 Å².